The first-order chi connectivity index (χ1) is 11.2. The van der Waals surface area contributed by atoms with Crippen molar-refractivity contribution in [2.75, 3.05) is 13.2 Å². The molecule has 0 radical (unpaired) electrons. The van der Waals surface area contributed by atoms with Gasteiger partial charge in [0.2, 0.25) is 0 Å². The minimum absolute atomic E-state index is 0.120. The van der Waals surface area contributed by atoms with Crippen LogP contribution in [0.1, 0.15) is 5.56 Å². The van der Waals surface area contributed by atoms with Gasteiger partial charge in [0.15, 0.2) is 17.1 Å². The number of pyridine rings is 1. The van der Waals surface area contributed by atoms with Gasteiger partial charge < -0.3 is 9.47 Å². The maximum atomic E-state index is 12.5. The second-order valence-electron chi connectivity index (χ2n) is 5.14. The summed E-state index contributed by atoms with van der Waals surface area (Å²) in [7, 11) is 0. The van der Waals surface area contributed by atoms with Crippen molar-refractivity contribution >= 4 is 27.0 Å². The largest absolute Gasteiger partial charge is 0.486 e. The summed E-state index contributed by atoms with van der Waals surface area (Å²) in [5, 5.41) is 0.503. The van der Waals surface area contributed by atoms with Crippen molar-refractivity contribution in [1.82, 2.24) is 14.5 Å². The second kappa shape index (κ2) is 5.66. The van der Waals surface area contributed by atoms with Crippen LogP contribution in [-0.4, -0.2) is 27.7 Å². The van der Waals surface area contributed by atoms with Crippen LogP contribution in [-0.2, 0) is 6.54 Å². The summed E-state index contributed by atoms with van der Waals surface area (Å²) in [6, 6.07) is 7.21. The molecule has 0 unspecified atom stereocenters. The Hall–Kier alpha value is -2.41. The fourth-order valence-corrected chi connectivity index (χ4v) is 2.97. The van der Waals surface area contributed by atoms with E-state index in [-0.39, 0.29) is 5.56 Å². The molecule has 3 aromatic rings. The van der Waals surface area contributed by atoms with Crippen LogP contribution in [0.15, 0.2) is 46.1 Å². The van der Waals surface area contributed by atoms with Crippen molar-refractivity contribution in [3.63, 3.8) is 0 Å². The Morgan fingerprint density at radius 1 is 1.17 bits per heavy atom. The molecule has 1 aromatic carbocycles. The summed E-state index contributed by atoms with van der Waals surface area (Å²) in [6.45, 7) is 1.45. The Bertz CT molecular complexity index is 955. The number of rotatable bonds is 2. The van der Waals surface area contributed by atoms with E-state index in [9.17, 15) is 4.79 Å². The summed E-state index contributed by atoms with van der Waals surface area (Å²) in [6.07, 6.45) is 3.14. The van der Waals surface area contributed by atoms with E-state index in [1.54, 1.807) is 22.9 Å². The van der Waals surface area contributed by atoms with Gasteiger partial charge in [0.25, 0.3) is 5.56 Å². The average Bonchev–Trinajstić information content (AvgIpc) is 2.58. The third-order valence-electron chi connectivity index (χ3n) is 3.65. The highest BCUT2D eigenvalue weighted by atomic mass is 79.9. The Labute approximate surface area is 139 Å². The van der Waals surface area contributed by atoms with Gasteiger partial charge in [-0.3, -0.25) is 9.36 Å². The first-order valence-electron chi connectivity index (χ1n) is 7.10. The van der Waals surface area contributed by atoms with Crippen LogP contribution in [0.2, 0.25) is 0 Å². The summed E-state index contributed by atoms with van der Waals surface area (Å²) in [4.78, 5) is 20.9. The zero-order chi connectivity index (χ0) is 15.8. The van der Waals surface area contributed by atoms with E-state index in [0.717, 1.165) is 10.0 Å². The molecule has 1 aliphatic rings. The SMILES string of the molecule is O=c1c2cccnc2ncn1Cc1cc2c(cc1Br)OCCO2. The van der Waals surface area contributed by atoms with Gasteiger partial charge >= 0.3 is 0 Å². The lowest BCUT2D eigenvalue weighted by molar-refractivity contribution is 0.171. The number of hydrogen-bond donors (Lipinski definition) is 0. The van der Waals surface area contributed by atoms with Crippen LogP contribution in [0.5, 0.6) is 11.5 Å². The Morgan fingerprint density at radius 2 is 1.96 bits per heavy atom. The monoisotopic (exact) mass is 373 g/mol. The average molecular weight is 374 g/mol. The van der Waals surface area contributed by atoms with Gasteiger partial charge in [0.05, 0.1) is 11.9 Å². The van der Waals surface area contributed by atoms with Gasteiger partial charge in [-0.1, -0.05) is 15.9 Å². The Balaban J connectivity index is 1.76. The molecule has 0 atom stereocenters. The molecule has 0 saturated carbocycles. The lowest BCUT2D eigenvalue weighted by Crippen LogP contribution is -2.22. The van der Waals surface area contributed by atoms with Gasteiger partial charge in [0.1, 0.15) is 19.5 Å². The van der Waals surface area contributed by atoms with Crippen LogP contribution < -0.4 is 15.0 Å². The molecular formula is C16H12BrN3O3. The molecule has 0 spiro atoms. The van der Waals surface area contributed by atoms with Crippen LogP contribution in [0, 0.1) is 0 Å². The van der Waals surface area contributed by atoms with Crippen molar-refractivity contribution in [2.24, 2.45) is 0 Å². The number of nitrogens with zero attached hydrogens (tertiary/aromatic N) is 3. The van der Waals surface area contributed by atoms with E-state index < -0.39 is 0 Å². The minimum Gasteiger partial charge on any atom is -0.486 e. The molecule has 23 heavy (non-hydrogen) atoms. The van der Waals surface area contributed by atoms with E-state index in [4.69, 9.17) is 9.47 Å². The van der Waals surface area contributed by atoms with Gasteiger partial charge in [-0.25, -0.2) is 9.97 Å². The number of halogens is 1. The van der Waals surface area contributed by atoms with Crippen molar-refractivity contribution in [3.05, 3.63) is 57.2 Å². The standard InChI is InChI=1S/C16H12BrN3O3/c17-12-7-14-13(22-4-5-23-14)6-10(12)8-20-9-19-15-11(16(20)21)2-1-3-18-15/h1-3,6-7,9H,4-5,8H2. The third-order valence-corrected chi connectivity index (χ3v) is 4.39. The van der Waals surface area contributed by atoms with E-state index in [0.29, 0.717) is 42.3 Å². The van der Waals surface area contributed by atoms with Crippen molar-refractivity contribution in [1.29, 1.82) is 0 Å². The van der Waals surface area contributed by atoms with Crippen LogP contribution in [0.25, 0.3) is 11.0 Å². The van der Waals surface area contributed by atoms with Crippen LogP contribution >= 0.6 is 15.9 Å². The smallest absolute Gasteiger partial charge is 0.263 e. The summed E-state index contributed by atoms with van der Waals surface area (Å²) < 4.78 is 13.6. The summed E-state index contributed by atoms with van der Waals surface area (Å²) >= 11 is 3.52. The molecule has 0 bridgehead atoms. The lowest BCUT2D eigenvalue weighted by Gasteiger charge is -2.20. The fourth-order valence-electron chi connectivity index (χ4n) is 2.52. The number of hydrogen-bond acceptors (Lipinski definition) is 5. The second-order valence-corrected chi connectivity index (χ2v) is 5.99. The maximum absolute atomic E-state index is 12.5. The molecule has 0 amide bonds. The molecule has 3 heterocycles. The molecule has 6 nitrogen and oxygen atoms in total. The molecule has 0 saturated heterocycles. The number of fused-ring (bicyclic) bond motifs is 2. The molecule has 1 aliphatic heterocycles. The summed E-state index contributed by atoms with van der Waals surface area (Å²) in [5.41, 5.74) is 1.25. The van der Waals surface area contributed by atoms with Crippen LogP contribution in [0.3, 0.4) is 0 Å². The molecule has 116 valence electrons. The molecule has 7 heteroatoms. The Morgan fingerprint density at radius 3 is 2.78 bits per heavy atom. The van der Waals surface area contributed by atoms with Gasteiger partial charge in [-0.05, 0) is 29.8 Å². The van der Waals surface area contributed by atoms with E-state index in [2.05, 4.69) is 25.9 Å². The first kappa shape index (κ1) is 14.2. The molecular weight excluding hydrogens is 362 g/mol. The predicted molar refractivity (Wildman–Crippen MR) is 88.0 cm³/mol. The molecule has 0 aliphatic carbocycles. The Kier molecular flexibility index (Phi) is 3.49. The number of ether oxygens (including phenoxy) is 2. The highest BCUT2D eigenvalue weighted by molar-refractivity contribution is 9.10. The van der Waals surface area contributed by atoms with Gasteiger partial charge in [-0.15, -0.1) is 0 Å². The van der Waals surface area contributed by atoms with Crippen molar-refractivity contribution < 1.29 is 9.47 Å². The lowest BCUT2D eigenvalue weighted by atomic mass is 10.2. The molecule has 0 fully saturated rings. The number of benzene rings is 1. The molecule has 4 rings (SSSR count). The van der Waals surface area contributed by atoms with Crippen molar-refractivity contribution in [2.45, 2.75) is 6.54 Å². The molecule has 2 aromatic heterocycles. The predicted octanol–water partition coefficient (Wildman–Crippen LogP) is 2.37. The zero-order valence-corrected chi connectivity index (χ0v) is 13.6. The van der Waals surface area contributed by atoms with Gasteiger partial charge in [0, 0.05) is 10.7 Å². The van der Waals surface area contributed by atoms with Crippen LogP contribution in [0.4, 0.5) is 0 Å². The minimum atomic E-state index is -0.120. The maximum Gasteiger partial charge on any atom is 0.263 e. The quantitative estimate of drug-likeness (QED) is 0.689. The van der Waals surface area contributed by atoms with Crippen molar-refractivity contribution in [3.8, 4) is 11.5 Å². The van der Waals surface area contributed by atoms with E-state index in [1.165, 1.54) is 6.33 Å². The van der Waals surface area contributed by atoms with Gasteiger partial charge in [-0.2, -0.15) is 0 Å². The zero-order valence-electron chi connectivity index (χ0n) is 12.0. The normalized spacial score (nSPS) is 13.3. The summed E-state index contributed by atoms with van der Waals surface area (Å²) in [5.74, 6) is 1.40. The highest BCUT2D eigenvalue weighted by Crippen LogP contribution is 2.35. The topological polar surface area (TPSA) is 66.2 Å². The first-order valence-corrected chi connectivity index (χ1v) is 7.90. The highest BCUT2D eigenvalue weighted by Gasteiger charge is 2.15. The number of aromatic nitrogens is 3. The van der Waals surface area contributed by atoms with E-state index in [1.807, 2.05) is 12.1 Å². The third kappa shape index (κ3) is 2.57. The molecule has 0 N–H and O–H groups in total. The van der Waals surface area contributed by atoms with E-state index >= 15 is 0 Å². The fraction of sp³-hybridized carbons (Fsp3) is 0.188.